The minimum Gasteiger partial charge on any atom is -0.478 e. The molecule has 0 atom stereocenters. The molecular weight excluding hydrogens is 244 g/mol. The van der Waals surface area contributed by atoms with Gasteiger partial charge in [0.2, 0.25) is 0 Å². The quantitative estimate of drug-likeness (QED) is 0.843. The number of likely N-dealkylation sites (N-methyl/N-ethyl adjacent to an activating group) is 1. The molecule has 6 nitrogen and oxygen atoms in total. The van der Waals surface area contributed by atoms with Crippen LogP contribution in [0.25, 0.3) is 10.9 Å². The van der Waals surface area contributed by atoms with Crippen molar-refractivity contribution < 1.29 is 9.90 Å². The smallest absolute Gasteiger partial charge is 0.336 e. The molecule has 2 N–H and O–H groups in total. The molecule has 0 saturated heterocycles. The molecule has 0 amide bonds. The number of fused-ring (bicyclic) bond motifs is 1. The SMILES string of the molecule is CN(C)CCNc1ncnc2cccc(C(=O)O)c12. The Morgan fingerprint density at radius 1 is 1.37 bits per heavy atom. The Bertz CT molecular complexity index is 593. The first-order valence-corrected chi connectivity index (χ1v) is 5.95. The third-order valence-electron chi connectivity index (χ3n) is 2.74. The Morgan fingerprint density at radius 3 is 2.84 bits per heavy atom. The Labute approximate surface area is 111 Å². The zero-order chi connectivity index (χ0) is 13.8. The van der Waals surface area contributed by atoms with Crippen molar-refractivity contribution in [1.29, 1.82) is 0 Å². The second-order valence-corrected chi connectivity index (χ2v) is 4.46. The molecule has 0 aliphatic carbocycles. The van der Waals surface area contributed by atoms with Gasteiger partial charge >= 0.3 is 5.97 Å². The van der Waals surface area contributed by atoms with Gasteiger partial charge in [0.25, 0.3) is 0 Å². The van der Waals surface area contributed by atoms with Gasteiger partial charge in [0.15, 0.2) is 0 Å². The van der Waals surface area contributed by atoms with Gasteiger partial charge in [-0.15, -0.1) is 0 Å². The van der Waals surface area contributed by atoms with Crippen molar-refractivity contribution >= 4 is 22.7 Å². The van der Waals surface area contributed by atoms with E-state index in [1.54, 1.807) is 18.2 Å². The lowest BCUT2D eigenvalue weighted by atomic mass is 10.1. The van der Waals surface area contributed by atoms with Crippen molar-refractivity contribution in [2.24, 2.45) is 0 Å². The van der Waals surface area contributed by atoms with Crippen LogP contribution in [-0.2, 0) is 0 Å². The van der Waals surface area contributed by atoms with E-state index in [1.807, 2.05) is 19.0 Å². The van der Waals surface area contributed by atoms with Gasteiger partial charge in [-0.25, -0.2) is 14.8 Å². The maximum atomic E-state index is 11.3. The highest BCUT2D eigenvalue weighted by Gasteiger charge is 2.13. The van der Waals surface area contributed by atoms with Crippen molar-refractivity contribution in [3.8, 4) is 0 Å². The number of benzene rings is 1. The molecule has 0 fully saturated rings. The highest BCUT2D eigenvalue weighted by Crippen LogP contribution is 2.23. The largest absolute Gasteiger partial charge is 0.478 e. The van der Waals surface area contributed by atoms with E-state index < -0.39 is 5.97 Å². The molecule has 19 heavy (non-hydrogen) atoms. The van der Waals surface area contributed by atoms with Crippen molar-refractivity contribution in [3.05, 3.63) is 30.1 Å². The van der Waals surface area contributed by atoms with Gasteiger partial charge in [0.05, 0.1) is 16.5 Å². The van der Waals surface area contributed by atoms with Crippen molar-refractivity contribution in [1.82, 2.24) is 14.9 Å². The van der Waals surface area contributed by atoms with Crippen LogP contribution in [-0.4, -0.2) is 53.1 Å². The lowest BCUT2D eigenvalue weighted by molar-refractivity contribution is 0.0699. The van der Waals surface area contributed by atoms with Crippen LogP contribution in [0.5, 0.6) is 0 Å². The lowest BCUT2D eigenvalue weighted by Gasteiger charge is -2.12. The number of nitrogens with zero attached hydrogens (tertiary/aromatic N) is 3. The standard InChI is InChI=1S/C13H16N4O2/c1-17(2)7-6-14-12-11-9(13(18)19)4-3-5-10(11)15-8-16-12/h3-5,8H,6-7H2,1-2H3,(H,18,19)(H,14,15,16). The lowest BCUT2D eigenvalue weighted by Crippen LogP contribution is -2.21. The normalized spacial score (nSPS) is 10.9. The van der Waals surface area contributed by atoms with Gasteiger partial charge in [0.1, 0.15) is 12.1 Å². The van der Waals surface area contributed by atoms with E-state index in [4.69, 9.17) is 0 Å². The number of carboxylic acid groups (broad SMARTS) is 1. The summed E-state index contributed by atoms with van der Waals surface area (Å²) in [5.74, 6) is -0.416. The van der Waals surface area contributed by atoms with Gasteiger partial charge < -0.3 is 15.3 Å². The number of nitrogens with one attached hydrogen (secondary N) is 1. The van der Waals surface area contributed by atoms with Crippen LogP contribution in [0.4, 0.5) is 5.82 Å². The van der Waals surface area contributed by atoms with Crippen LogP contribution in [0.3, 0.4) is 0 Å². The minimum absolute atomic E-state index is 0.213. The average Bonchev–Trinajstić information content (AvgIpc) is 2.37. The first kappa shape index (κ1) is 13.2. The molecule has 0 radical (unpaired) electrons. The predicted octanol–water partition coefficient (Wildman–Crippen LogP) is 1.30. The summed E-state index contributed by atoms with van der Waals surface area (Å²) in [5.41, 5.74) is 0.840. The molecule has 2 rings (SSSR count). The fourth-order valence-corrected chi connectivity index (χ4v) is 1.82. The molecule has 1 aromatic carbocycles. The van der Waals surface area contributed by atoms with Crippen LogP contribution in [0.1, 0.15) is 10.4 Å². The third kappa shape index (κ3) is 2.97. The number of aromatic nitrogens is 2. The first-order valence-electron chi connectivity index (χ1n) is 5.95. The zero-order valence-electron chi connectivity index (χ0n) is 10.9. The molecule has 1 aromatic heterocycles. The average molecular weight is 260 g/mol. The fraction of sp³-hybridized carbons (Fsp3) is 0.308. The van der Waals surface area contributed by atoms with E-state index in [0.29, 0.717) is 23.3 Å². The van der Waals surface area contributed by atoms with Crippen LogP contribution in [0.15, 0.2) is 24.5 Å². The Kier molecular flexibility index (Phi) is 3.91. The minimum atomic E-state index is -0.976. The Morgan fingerprint density at radius 2 is 2.16 bits per heavy atom. The molecule has 0 unspecified atom stereocenters. The second-order valence-electron chi connectivity index (χ2n) is 4.46. The Hall–Kier alpha value is -2.21. The van der Waals surface area contributed by atoms with E-state index in [1.165, 1.54) is 6.33 Å². The molecule has 0 aliphatic heterocycles. The summed E-state index contributed by atoms with van der Waals surface area (Å²) < 4.78 is 0. The van der Waals surface area contributed by atoms with E-state index >= 15 is 0 Å². The Balaban J connectivity index is 2.40. The molecule has 0 saturated carbocycles. The monoisotopic (exact) mass is 260 g/mol. The van der Waals surface area contributed by atoms with E-state index in [0.717, 1.165) is 6.54 Å². The summed E-state index contributed by atoms with van der Waals surface area (Å²) in [4.78, 5) is 21.5. The number of aromatic carboxylic acids is 1. The summed E-state index contributed by atoms with van der Waals surface area (Å²) in [7, 11) is 3.95. The number of rotatable bonds is 5. The predicted molar refractivity (Wildman–Crippen MR) is 73.5 cm³/mol. The van der Waals surface area contributed by atoms with E-state index in [2.05, 4.69) is 15.3 Å². The van der Waals surface area contributed by atoms with Crippen LogP contribution < -0.4 is 5.32 Å². The summed E-state index contributed by atoms with van der Waals surface area (Å²) in [6.07, 6.45) is 1.44. The van der Waals surface area contributed by atoms with E-state index in [-0.39, 0.29) is 5.56 Å². The second kappa shape index (κ2) is 5.62. The van der Waals surface area contributed by atoms with Crippen molar-refractivity contribution in [2.75, 3.05) is 32.5 Å². The molecule has 6 heteroatoms. The van der Waals surface area contributed by atoms with Crippen LogP contribution in [0.2, 0.25) is 0 Å². The van der Waals surface area contributed by atoms with Crippen molar-refractivity contribution in [3.63, 3.8) is 0 Å². The van der Waals surface area contributed by atoms with Gasteiger partial charge in [-0.3, -0.25) is 0 Å². The number of hydrogen-bond donors (Lipinski definition) is 2. The summed E-state index contributed by atoms with van der Waals surface area (Å²) in [6, 6.07) is 5.02. The first-order chi connectivity index (χ1) is 9.09. The molecule has 1 heterocycles. The van der Waals surface area contributed by atoms with Crippen LogP contribution >= 0.6 is 0 Å². The number of hydrogen-bond acceptors (Lipinski definition) is 5. The fourth-order valence-electron chi connectivity index (χ4n) is 1.82. The number of carboxylic acids is 1. The summed E-state index contributed by atoms with van der Waals surface area (Å²) >= 11 is 0. The third-order valence-corrected chi connectivity index (χ3v) is 2.74. The van der Waals surface area contributed by atoms with Crippen LogP contribution in [0, 0.1) is 0 Å². The highest BCUT2D eigenvalue weighted by molar-refractivity contribution is 6.06. The molecular formula is C13H16N4O2. The highest BCUT2D eigenvalue weighted by atomic mass is 16.4. The molecule has 0 spiro atoms. The summed E-state index contributed by atoms with van der Waals surface area (Å²) in [5, 5.41) is 12.9. The molecule has 0 bridgehead atoms. The van der Waals surface area contributed by atoms with Gasteiger partial charge in [-0.2, -0.15) is 0 Å². The van der Waals surface area contributed by atoms with Gasteiger partial charge in [-0.05, 0) is 26.2 Å². The summed E-state index contributed by atoms with van der Waals surface area (Å²) in [6.45, 7) is 1.52. The number of anilines is 1. The van der Waals surface area contributed by atoms with E-state index in [9.17, 15) is 9.90 Å². The molecule has 0 aliphatic rings. The number of carbonyl (C=O) groups is 1. The topological polar surface area (TPSA) is 78.3 Å². The molecule has 100 valence electrons. The maximum absolute atomic E-state index is 11.3. The van der Waals surface area contributed by atoms with Gasteiger partial charge in [-0.1, -0.05) is 6.07 Å². The maximum Gasteiger partial charge on any atom is 0.336 e. The zero-order valence-corrected chi connectivity index (χ0v) is 10.9. The van der Waals surface area contributed by atoms with Crippen molar-refractivity contribution in [2.45, 2.75) is 0 Å². The van der Waals surface area contributed by atoms with Gasteiger partial charge in [0, 0.05) is 13.1 Å². The molecule has 2 aromatic rings.